The molecule has 0 aliphatic carbocycles. The number of ether oxygens (including phenoxy) is 1. The molecule has 104 valence electrons. The molecule has 0 spiro atoms. The Kier molecular flexibility index (Phi) is 4.29. The van der Waals surface area contributed by atoms with Gasteiger partial charge >= 0.3 is 0 Å². The van der Waals surface area contributed by atoms with E-state index in [0.717, 1.165) is 11.3 Å². The van der Waals surface area contributed by atoms with Crippen LogP contribution in [0.3, 0.4) is 0 Å². The van der Waals surface area contributed by atoms with Crippen LogP contribution in [0, 0.1) is 13.8 Å². The van der Waals surface area contributed by atoms with E-state index in [4.69, 9.17) is 15.7 Å². The first-order valence-corrected chi connectivity index (χ1v) is 6.83. The molecule has 0 saturated carbocycles. The molecule has 5 heteroatoms. The molecule has 0 unspecified atom stereocenters. The topological polar surface area (TPSA) is 67.8 Å². The van der Waals surface area contributed by atoms with Gasteiger partial charge in [0.2, 0.25) is 0 Å². The molecule has 2 aromatic rings. The Hall–Kier alpha value is -2.01. The van der Waals surface area contributed by atoms with Crippen LogP contribution in [-0.4, -0.2) is 11.0 Å². The summed E-state index contributed by atoms with van der Waals surface area (Å²) in [5, 5.41) is 11.7. The first kappa shape index (κ1) is 14.4. The molecule has 0 bridgehead atoms. The number of benzene rings is 2. The van der Waals surface area contributed by atoms with E-state index in [0.29, 0.717) is 15.8 Å². The summed E-state index contributed by atoms with van der Waals surface area (Å²) in [4.78, 5) is 0. The van der Waals surface area contributed by atoms with Gasteiger partial charge in [0.15, 0.2) is 5.84 Å². The summed E-state index contributed by atoms with van der Waals surface area (Å²) in [6, 6.07) is 11.3. The number of nitrogens with two attached hydrogens (primary N) is 1. The van der Waals surface area contributed by atoms with E-state index in [2.05, 4.69) is 27.2 Å². The third kappa shape index (κ3) is 3.11. The highest BCUT2D eigenvalue weighted by Crippen LogP contribution is 2.29. The summed E-state index contributed by atoms with van der Waals surface area (Å²) in [6.07, 6.45) is 0. The molecule has 20 heavy (non-hydrogen) atoms. The van der Waals surface area contributed by atoms with E-state index in [1.165, 1.54) is 5.56 Å². The zero-order valence-electron chi connectivity index (χ0n) is 11.2. The van der Waals surface area contributed by atoms with Crippen molar-refractivity contribution in [1.82, 2.24) is 0 Å². The van der Waals surface area contributed by atoms with E-state index in [1.807, 2.05) is 26.0 Å². The van der Waals surface area contributed by atoms with Gasteiger partial charge in [0.25, 0.3) is 0 Å². The average molecular weight is 335 g/mol. The quantitative estimate of drug-likeness (QED) is 0.386. The second-order valence-corrected chi connectivity index (χ2v) is 5.35. The third-order valence-corrected chi connectivity index (χ3v) is 3.54. The van der Waals surface area contributed by atoms with Crippen molar-refractivity contribution < 1.29 is 9.94 Å². The van der Waals surface area contributed by atoms with Gasteiger partial charge in [0.1, 0.15) is 11.5 Å². The van der Waals surface area contributed by atoms with Crippen LogP contribution in [0.1, 0.15) is 16.7 Å². The van der Waals surface area contributed by atoms with Crippen LogP contribution >= 0.6 is 15.9 Å². The largest absolute Gasteiger partial charge is 0.457 e. The van der Waals surface area contributed by atoms with Gasteiger partial charge in [-0.3, -0.25) is 0 Å². The Labute approximate surface area is 126 Å². The highest BCUT2D eigenvalue weighted by Gasteiger charge is 2.08. The average Bonchev–Trinajstić information content (AvgIpc) is 2.41. The van der Waals surface area contributed by atoms with Crippen LogP contribution in [0.5, 0.6) is 11.5 Å². The van der Waals surface area contributed by atoms with E-state index in [9.17, 15) is 0 Å². The van der Waals surface area contributed by atoms with Crippen molar-refractivity contribution in [2.24, 2.45) is 10.9 Å². The fraction of sp³-hybridized carbons (Fsp3) is 0.133. The zero-order valence-corrected chi connectivity index (χ0v) is 12.8. The molecule has 0 amide bonds. The molecule has 0 saturated heterocycles. The van der Waals surface area contributed by atoms with Crippen molar-refractivity contribution in [3.63, 3.8) is 0 Å². The molecule has 0 aliphatic heterocycles. The molecule has 0 aliphatic rings. The van der Waals surface area contributed by atoms with Crippen molar-refractivity contribution in [3.05, 3.63) is 57.6 Å². The Bertz CT molecular complexity index is 669. The minimum Gasteiger partial charge on any atom is -0.457 e. The lowest BCUT2D eigenvalue weighted by atomic mass is 10.1. The molecule has 4 nitrogen and oxygen atoms in total. The Morgan fingerprint density at radius 2 is 1.95 bits per heavy atom. The number of hydrogen-bond acceptors (Lipinski definition) is 3. The highest BCUT2D eigenvalue weighted by atomic mass is 79.9. The fourth-order valence-corrected chi connectivity index (χ4v) is 2.42. The summed E-state index contributed by atoms with van der Waals surface area (Å²) in [6.45, 7) is 4.04. The summed E-state index contributed by atoms with van der Waals surface area (Å²) in [5.74, 6) is 1.53. The first-order valence-electron chi connectivity index (χ1n) is 6.04. The Morgan fingerprint density at radius 3 is 2.55 bits per heavy atom. The molecular formula is C15H15BrN2O2. The van der Waals surface area contributed by atoms with Crippen LogP contribution in [0.2, 0.25) is 0 Å². The molecule has 0 atom stereocenters. The van der Waals surface area contributed by atoms with E-state index < -0.39 is 0 Å². The lowest BCUT2D eigenvalue weighted by Crippen LogP contribution is -2.13. The van der Waals surface area contributed by atoms with Gasteiger partial charge in [0, 0.05) is 10.0 Å². The van der Waals surface area contributed by atoms with Crippen LogP contribution in [0.15, 0.2) is 46.0 Å². The lowest BCUT2D eigenvalue weighted by molar-refractivity contribution is 0.318. The van der Waals surface area contributed by atoms with Gasteiger partial charge in [-0.2, -0.15) is 0 Å². The van der Waals surface area contributed by atoms with Gasteiger partial charge in [-0.1, -0.05) is 22.9 Å². The summed E-state index contributed by atoms with van der Waals surface area (Å²) in [7, 11) is 0. The lowest BCUT2D eigenvalue weighted by Gasteiger charge is -2.11. The summed E-state index contributed by atoms with van der Waals surface area (Å²) in [5.41, 5.74) is 8.44. The third-order valence-electron chi connectivity index (χ3n) is 2.88. The van der Waals surface area contributed by atoms with E-state index in [1.54, 1.807) is 18.2 Å². The highest BCUT2D eigenvalue weighted by molar-refractivity contribution is 9.10. The van der Waals surface area contributed by atoms with Gasteiger partial charge in [-0.05, 0) is 59.6 Å². The minimum absolute atomic E-state index is 0.0509. The van der Waals surface area contributed by atoms with Crippen molar-refractivity contribution in [2.75, 3.05) is 0 Å². The molecule has 3 N–H and O–H groups in total. The number of aryl methyl sites for hydroxylation is 2. The van der Waals surface area contributed by atoms with Crippen LogP contribution < -0.4 is 10.5 Å². The van der Waals surface area contributed by atoms with Crippen molar-refractivity contribution in [2.45, 2.75) is 13.8 Å². The van der Waals surface area contributed by atoms with Crippen LogP contribution in [0.4, 0.5) is 0 Å². The van der Waals surface area contributed by atoms with Crippen LogP contribution in [0.25, 0.3) is 0 Å². The number of oxime groups is 1. The van der Waals surface area contributed by atoms with Crippen molar-refractivity contribution in [1.29, 1.82) is 0 Å². The Morgan fingerprint density at radius 1 is 1.20 bits per heavy atom. The monoisotopic (exact) mass is 334 g/mol. The standard InChI is InChI=1S/C15H15BrN2O2/c1-9-3-6-14(10(2)7-9)20-11-4-5-12(13(16)8-11)15(17)18-19/h3-8,19H,1-2H3,(H2,17,18). The van der Waals surface area contributed by atoms with Gasteiger partial charge in [-0.15, -0.1) is 0 Å². The number of nitrogens with zero attached hydrogens (tertiary/aromatic N) is 1. The predicted molar refractivity (Wildman–Crippen MR) is 82.6 cm³/mol. The predicted octanol–water partition coefficient (Wildman–Crippen LogP) is 3.95. The second kappa shape index (κ2) is 5.96. The van der Waals surface area contributed by atoms with Crippen molar-refractivity contribution >= 4 is 21.8 Å². The molecule has 2 aromatic carbocycles. The molecule has 2 rings (SSSR count). The summed E-state index contributed by atoms with van der Waals surface area (Å²) < 4.78 is 6.54. The SMILES string of the molecule is Cc1ccc(Oc2ccc(/C(N)=N/O)c(Br)c2)c(C)c1. The maximum Gasteiger partial charge on any atom is 0.171 e. The number of amidine groups is 1. The Balaban J connectivity index is 2.29. The van der Waals surface area contributed by atoms with Crippen molar-refractivity contribution in [3.8, 4) is 11.5 Å². The molecular weight excluding hydrogens is 320 g/mol. The maximum atomic E-state index is 8.69. The molecule has 0 radical (unpaired) electrons. The minimum atomic E-state index is 0.0509. The molecule has 0 heterocycles. The number of halogens is 1. The van der Waals surface area contributed by atoms with E-state index >= 15 is 0 Å². The molecule has 0 aromatic heterocycles. The summed E-state index contributed by atoms with van der Waals surface area (Å²) >= 11 is 3.38. The maximum absolute atomic E-state index is 8.69. The zero-order chi connectivity index (χ0) is 14.7. The van der Waals surface area contributed by atoms with E-state index in [-0.39, 0.29) is 5.84 Å². The fourth-order valence-electron chi connectivity index (χ4n) is 1.86. The van der Waals surface area contributed by atoms with Gasteiger partial charge < -0.3 is 15.7 Å². The smallest absolute Gasteiger partial charge is 0.171 e. The van der Waals surface area contributed by atoms with Crippen LogP contribution in [-0.2, 0) is 0 Å². The number of hydrogen-bond donors (Lipinski definition) is 2. The van der Waals surface area contributed by atoms with Gasteiger partial charge in [-0.25, -0.2) is 0 Å². The first-order chi connectivity index (χ1) is 9.51. The second-order valence-electron chi connectivity index (χ2n) is 4.50. The van der Waals surface area contributed by atoms with Gasteiger partial charge in [0.05, 0.1) is 0 Å². The number of rotatable bonds is 3. The normalized spacial score (nSPS) is 11.4. The molecule has 0 fully saturated rings.